The Bertz CT molecular complexity index is 852. The van der Waals surface area contributed by atoms with E-state index in [1.807, 2.05) is 0 Å². The minimum Gasteiger partial charge on any atom is -0.383 e. The van der Waals surface area contributed by atoms with E-state index in [2.05, 4.69) is 0 Å². The van der Waals surface area contributed by atoms with Crippen LogP contribution in [0, 0.1) is 0 Å². The molecule has 0 aromatic heterocycles. The Labute approximate surface area is 158 Å². The summed E-state index contributed by atoms with van der Waals surface area (Å²) < 4.78 is 32.2. The summed E-state index contributed by atoms with van der Waals surface area (Å²) in [5.41, 5.74) is 1.24. The molecule has 8 heteroatoms. The Balaban J connectivity index is 2.17. The lowest BCUT2D eigenvalue weighted by atomic mass is 10.1. The predicted octanol–water partition coefficient (Wildman–Crippen LogP) is 2.97. The summed E-state index contributed by atoms with van der Waals surface area (Å²) in [5, 5.41) is 0.386. The van der Waals surface area contributed by atoms with Gasteiger partial charge in [-0.2, -0.15) is 8.42 Å². The number of rotatable bonds is 8. The molecule has 0 aliphatic rings. The van der Waals surface area contributed by atoms with E-state index in [1.165, 1.54) is 0 Å². The van der Waals surface area contributed by atoms with Gasteiger partial charge in [0.1, 0.15) is 5.75 Å². The first-order valence-corrected chi connectivity index (χ1v) is 10.0. The van der Waals surface area contributed by atoms with Crippen molar-refractivity contribution in [2.45, 2.75) is 6.54 Å². The van der Waals surface area contributed by atoms with Gasteiger partial charge in [0.05, 0.1) is 23.4 Å². The molecule has 0 N–H and O–H groups in total. The Kier molecular flexibility index (Phi) is 7.02. The molecule has 0 unspecified atom stereocenters. The Morgan fingerprint density at radius 1 is 1.12 bits per heavy atom. The first kappa shape index (κ1) is 20.2. The fourth-order valence-electron chi connectivity index (χ4n) is 2.30. The minimum atomic E-state index is -3.58. The smallest absolute Gasteiger partial charge is 0.306 e. The van der Waals surface area contributed by atoms with Crippen LogP contribution in [0.15, 0.2) is 48.5 Å². The maximum absolute atomic E-state index is 12.8. The van der Waals surface area contributed by atoms with E-state index >= 15 is 0 Å². The summed E-state index contributed by atoms with van der Waals surface area (Å²) in [5.74, 6) is 0.0150. The highest BCUT2D eigenvalue weighted by Crippen LogP contribution is 2.20. The number of amides is 1. The van der Waals surface area contributed by atoms with Crippen LogP contribution in [0.4, 0.5) is 0 Å². The van der Waals surface area contributed by atoms with Crippen LogP contribution in [0.5, 0.6) is 5.75 Å². The van der Waals surface area contributed by atoms with Gasteiger partial charge in [-0.3, -0.25) is 4.79 Å². The molecule has 0 radical (unpaired) electrons. The highest BCUT2D eigenvalue weighted by Gasteiger charge is 2.18. The van der Waals surface area contributed by atoms with Crippen LogP contribution in [0.25, 0.3) is 0 Å². The van der Waals surface area contributed by atoms with Crippen molar-refractivity contribution >= 4 is 27.6 Å². The second-order valence-electron chi connectivity index (χ2n) is 5.63. The van der Waals surface area contributed by atoms with Crippen LogP contribution in [-0.2, 0) is 21.4 Å². The number of carbonyl (C=O) groups is 1. The standard InChI is InChI=1S/C18H20ClNO5S/c1-24-12-11-20(18(21)16-5-3-4-6-17(16)19)13-14-7-9-15(10-8-14)25-26(2,22)23/h3-10H,11-13H2,1-2H3. The first-order chi connectivity index (χ1) is 12.3. The number of benzene rings is 2. The molecule has 0 spiro atoms. The molecule has 0 saturated heterocycles. The molecule has 2 aromatic rings. The van der Waals surface area contributed by atoms with E-state index in [0.29, 0.717) is 30.3 Å². The molecule has 0 bridgehead atoms. The van der Waals surface area contributed by atoms with Crippen molar-refractivity contribution in [2.75, 3.05) is 26.5 Å². The quantitative estimate of drug-likeness (QED) is 0.640. The molecule has 0 heterocycles. The van der Waals surface area contributed by atoms with Crippen molar-refractivity contribution in [1.29, 1.82) is 0 Å². The van der Waals surface area contributed by atoms with Gasteiger partial charge in [-0.1, -0.05) is 35.9 Å². The summed E-state index contributed by atoms with van der Waals surface area (Å²) in [6.45, 7) is 1.10. The fourth-order valence-corrected chi connectivity index (χ4v) is 2.98. The molecular weight excluding hydrogens is 378 g/mol. The van der Waals surface area contributed by atoms with Crippen LogP contribution in [-0.4, -0.2) is 45.7 Å². The van der Waals surface area contributed by atoms with Gasteiger partial charge in [-0.15, -0.1) is 0 Å². The van der Waals surface area contributed by atoms with Crippen LogP contribution in [0.2, 0.25) is 5.02 Å². The second-order valence-corrected chi connectivity index (χ2v) is 7.61. The third-order valence-electron chi connectivity index (χ3n) is 3.50. The molecule has 2 rings (SSSR count). The Morgan fingerprint density at radius 3 is 2.35 bits per heavy atom. The van der Waals surface area contributed by atoms with Crippen LogP contribution >= 0.6 is 11.6 Å². The van der Waals surface area contributed by atoms with Crippen LogP contribution in [0.3, 0.4) is 0 Å². The zero-order valence-electron chi connectivity index (χ0n) is 14.5. The highest BCUT2D eigenvalue weighted by molar-refractivity contribution is 7.86. The molecule has 140 valence electrons. The van der Waals surface area contributed by atoms with Crippen molar-refractivity contribution in [3.8, 4) is 5.75 Å². The van der Waals surface area contributed by atoms with Gasteiger partial charge in [0.25, 0.3) is 5.91 Å². The molecule has 1 amide bonds. The number of carbonyl (C=O) groups excluding carboxylic acids is 1. The lowest BCUT2D eigenvalue weighted by molar-refractivity contribution is 0.0680. The summed E-state index contributed by atoms with van der Waals surface area (Å²) in [7, 11) is -2.01. The number of methoxy groups -OCH3 is 1. The number of hydrogen-bond acceptors (Lipinski definition) is 5. The van der Waals surface area contributed by atoms with Gasteiger partial charge >= 0.3 is 10.1 Å². The summed E-state index contributed by atoms with van der Waals surface area (Å²) in [4.78, 5) is 14.4. The van der Waals surface area contributed by atoms with Gasteiger partial charge in [0.2, 0.25) is 0 Å². The molecule has 0 aliphatic carbocycles. The number of nitrogens with zero attached hydrogens (tertiary/aromatic N) is 1. The molecule has 0 saturated carbocycles. The van der Waals surface area contributed by atoms with E-state index in [9.17, 15) is 13.2 Å². The number of ether oxygens (including phenoxy) is 1. The van der Waals surface area contributed by atoms with Gasteiger partial charge in [-0.25, -0.2) is 0 Å². The molecule has 0 atom stereocenters. The van der Waals surface area contributed by atoms with E-state index in [-0.39, 0.29) is 11.7 Å². The largest absolute Gasteiger partial charge is 0.383 e. The Hall–Kier alpha value is -2.09. The predicted molar refractivity (Wildman–Crippen MR) is 100.0 cm³/mol. The van der Waals surface area contributed by atoms with E-state index in [0.717, 1.165) is 11.8 Å². The SMILES string of the molecule is COCCN(Cc1ccc(OS(C)(=O)=O)cc1)C(=O)c1ccccc1Cl. The number of halogens is 1. The third kappa shape index (κ3) is 6.01. The zero-order chi connectivity index (χ0) is 19.2. The number of hydrogen-bond donors (Lipinski definition) is 0. The fraction of sp³-hybridized carbons (Fsp3) is 0.278. The van der Waals surface area contributed by atoms with Gasteiger partial charge in [0, 0.05) is 20.2 Å². The monoisotopic (exact) mass is 397 g/mol. The first-order valence-electron chi connectivity index (χ1n) is 7.81. The average molecular weight is 398 g/mol. The van der Waals surface area contributed by atoms with Gasteiger partial charge < -0.3 is 13.8 Å². The normalized spacial score (nSPS) is 11.2. The van der Waals surface area contributed by atoms with Crippen molar-refractivity contribution in [3.63, 3.8) is 0 Å². The van der Waals surface area contributed by atoms with Crippen LogP contribution in [0.1, 0.15) is 15.9 Å². The molecule has 0 aliphatic heterocycles. The lowest BCUT2D eigenvalue weighted by Crippen LogP contribution is -2.33. The van der Waals surface area contributed by atoms with Gasteiger partial charge in [0.15, 0.2) is 0 Å². The molecular formula is C18H20ClNO5S. The third-order valence-corrected chi connectivity index (χ3v) is 4.33. The zero-order valence-corrected chi connectivity index (χ0v) is 16.1. The molecule has 2 aromatic carbocycles. The summed E-state index contributed by atoms with van der Waals surface area (Å²) >= 11 is 6.13. The van der Waals surface area contributed by atoms with Crippen molar-refractivity contribution in [2.24, 2.45) is 0 Å². The highest BCUT2D eigenvalue weighted by atomic mass is 35.5. The molecule has 6 nitrogen and oxygen atoms in total. The maximum atomic E-state index is 12.8. The molecule has 26 heavy (non-hydrogen) atoms. The topological polar surface area (TPSA) is 72.9 Å². The molecule has 0 fully saturated rings. The maximum Gasteiger partial charge on any atom is 0.306 e. The van der Waals surface area contributed by atoms with E-state index in [1.54, 1.807) is 60.5 Å². The van der Waals surface area contributed by atoms with E-state index < -0.39 is 10.1 Å². The summed E-state index contributed by atoms with van der Waals surface area (Å²) in [6, 6.07) is 13.4. The van der Waals surface area contributed by atoms with E-state index in [4.69, 9.17) is 20.5 Å². The Morgan fingerprint density at radius 2 is 1.77 bits per heavy atom. The van der Waals surface area contributed by atoms with Crippen molar-refractivity contribution in [3.05, 3.63) is 64.7 Å². The average Bonchev–Trinajstić information content (AvgIpc) is 2.58. The van der Waals surface area contributed by atoms with Crippen molar-refractivity contribution in [1.82, 2.24) is 4.90 Å². The second kappa shape index (κ2) is 9.02. The minimum absolute atomic E-state index is 0.205. The summed E-state index contributed by atoms with van der Waals surface area (Å²) in [6.07, 6.45) is 0.982. The van der Waals surface area contributed by atoms with Gasteiger partial charge in [-0.05, 0) is 29.8 Å². The van der Waals surface area contributed by atoms with Crippen molar-refractivity contribution < 1.29 is 22.1 Å². The lowest BCUT2D eigenvalue weighted by Gasteiger charge is -2.23. The van der Waals surface area contributed by atoms with Crippen LogP contribution < -0.4 is 4.18 Å².